The lowest BCUT2D eigenvalue weighted by Crippen LogP contribution is -2.36. The summed E-state index contributed by atoms with van der Waals surface area (Å²) < 4.78 is 22.5. The number of hydrogen-bond acceptors (Lipinski definition) is 4. The van der Waals surface area contributed by atoms with Crippen molar-refractivity contribution >= 4 is 21.7 Å². The summed E-state index contributed by atoms with van der Waals surface area (Å²) in [5, 5.41) is 10.6. The van der Waals surface area contributed by atoms with Crippen LogP contribution in [0.15, 0.2) is 53.4 Å². The molecule has 0 aliphatic rings. The third kappa shape index (κ3) is 6.06. The lowest BCUT2D eigenvalue weighted by atomic mass is 10.0. The molecule has 8 heteroatoms. The van der Waals surface area contributed by atoms with Crippen LogP contribution in [0, 0.1) is 0 Å². The fourth-order valence-corrected chi connectivity index (χ4v) is 3.18. The number of anilines is 1. The second kappa shape index (κ2) is 8.98. The highest BCUT2D eigenvalue weighted by atomic mass is 32.2. The molecule has 0 aliphatic carbocycles. The van der Waals surface area contributed by atoms with Gasteiger partial charge in [-0.25, -0.2) is 18.4 Å². The maximum Gasteiger partial charge on any atom is 0.319 e. The molecular weight excluding hydrogens is 364 g/mol. The molecule has 2 aromatic carbocycles. The van der Waals surface area contributed by atoms with Crippen LogP contribution < -0.4 is 15.8 Å². The monoisotopic (exact) mass is 390 g/mol. The Morgan fingerprint density at radius 2 is 1.67 bits per heavy atom. The molecule has 146 valence electrons. The topological polar surface area (TPSA) is 105 Å². The number of primary sulfonamides is 1. The summed E-state index contributed by atoms with van der Waals surface area (Å²) in [5.41, 5.74) is 2.87. The van der Waals surface area contributed by atoms with Gasteiger partial charge in [0.1, 0.15) is 0 Å². The van der Waals surface area contributed by atoms with Crippen LogP contribution in [-0.4, -0.2) is 40.0 Å². The molecule has 0 fully saturated rings. The van der Waals surface area contributed by atoms with E-state index in [2.05, 4.69) is 41.8 Å². The van der Waals surface area contributed by atoms with Crippen LogP contribution in [-0.2, 0) is 16.4 Å². The van der Waals surface area contributed by atoms with Gasteiger partial charge in [-0.1, -0.05) is 31.2 Å². The zero-order chi connectivity index (χ0) is 20.0. The van der Waals surface area contributed by atoms with Crippen molar-refractivity contribution in [1.82, 2.24) is 10.2 Å². The van der Waals surface area contributed by atoms with Gasteiger partial charge in [0.2, 0.25) is 10.0 Å². The molecule has 2 amide bonds. The second-order valence-electron chi connectivity index (χ2n) is 6.48. The predicted molar refractivity (Wildman–Crippen MR) is 107 cm³/mol. The van der Waals surface area contributed by atoms with Gasteiger partial charge < -0.3 is 15.5 Å². The van der Waals surface area contributed by atoms with Crippen LogP contribution in [0.2, 0.25) is 0 Å². The first-order valence-corrected chi connectivity index (χ1v) is 10.2. The normalized spacial score (nSPS) is 12.6. The smallest absolute Gasteiger partial charge is 0.319 e. The number of nitrogens with two attached hydrogens (primary N) is 1. The van der Waals surface area contributed by atoms with E-state index in [1.54, 1.807) is 0 Å². The Kier molecular flexibility index (Phi) is 6.95. The molecule has 0 bridgehead atoms. The molecule has 0 heterocycles. The number of hydrogen-bond donors (Lipinski definition) is 3. The molecule has 0 spiro atoms. The Labute approximate surface area is 160 Å². The highest BCUT2D eigenvalue weighted by Gasteiger charge is 2.15. The van der Waals surface area contributed by atoms with Crippen molar-refractivity contribution < 1.29 is 13.2 Å². The fraction of sp³-hybridized carbons (Fsp3) is 0.316. The van der Waals surface area contributed by atoms with Crippen LogP contribution in [0.1, 0.15) is 24.1 Å². The van der Waals surface area contributed by atoms with Gasteiger partial charge in [-0.3, -0.25) is 0 Å². The van der Waals surface area contributed by atoms with Gasteiger partial charge in [0.05, 0.1) is 10.9 Å². The Morgan fingerprint density at radius 1 is 1.07 bits per heavy atom. The summed E-state index contributed by atoms with van der Waals surface area (Å²) in [4.78, 5) is 14.2. The Bertz CT molecular complexity index is 863. The van der Waals surface area contributed by atoms with Crippen molar-refractivity contribution in [2.45, 2.75) is 24.3 Å². The average Bonchev–Trinajstić information content (AvgIpc) is 2.62. The maximum atomic E-state index is 12.2. The fourth-order valence-electron chi connectivity index (χ4n) is 2.67. The molecule has 0 saturated heterocycles. The summed E-state index contributed by atoms with van der Waals surface area (Å²) in [7, 11) is 0.176. The van der Waals surface area contributed by atoms with Crippen molar-refractivity contribution in [3.05, 3.63) is 59.7 Å². The van der Waals surface area contributed by atoms with Gasteiger partial charge >= 0.3 is 6.03 Å². The van der Waals surface area contributed by atoms with E-state index in [0.717, 1.165) is 12.0 Å². The number of nitrogens with zero attached hydrogens (tertiary/aromatic N) is 1. The number of aryl methyl sites for hydroxylation is 1. The molecule has 0 aromatic heterocycles. The Morgan fingerprint density at radius 3 is 2.15 bits per heavy atom. The lowest BCUT2D eigenvalue weighted by Gasteiger charge is -2.25. The van der Waals surface area contributed by atoms with Crippen molar-refractivity contribution in [2.75, 3.05) is 26.0 Å². The van der Waals surface area contributed by atoms with Crippen molar-refractivity contribution in [2.24, 2.45) is 5.14 Å². The lowest BCUT2D eigenvalue weighted by molar-refractivity contribution is 0.243. The zero-order valence-corrected chi connectivity index (χ0v) is 16.6. The van der Waals surface area contributed by atoms with Crippen LogP contribution in [0.4, 0.5) is 10.5 Å². The van der Waals surface area contributed by atoms with E-state index in [9.17, 15) is 13.2 Å². The van der Waals surface area contributed by atoms with Gasteiger partial charge in [-0.2, -0.15) is 0 Å². The second-order valence-corrected chi connectivity index (χ2v) is 8.04. The van der Waals surface area contributed by atoms with Crippen LogP contribution >= 0.6 is 0 Å². The number of rotatable bonds is 7. The first kappa shape index (κ1) is 20.9. The molecular formula is C19H26N4O3S. The first-order valence-electron chi connectivity index (χ1n) is 8.63. The minimum atomic E-state index is -3.75. The number of carbonyl (C=O) groups excluding carboxylic acids is 1. The minimum absolute atomic E-state index is 0.00310. The van der Waals surface area contributed by atoms with E-state index in [1.165, 1.54) is 29.8 Å². The van der Waals surface area contributed by atoms with Gasteiger partial charge in [-0.05, 0) is 55.9 Å². The van der Waals surface area contributed by atoms with Gasteiger partial charge in [-0.15, -0.1) is 0 Å². The molecule has 0 aliphatic heterocycles. The number of sulfonamides is 1. The van der Waals surface area contributed by atoms with Gasteiger partial charge in [0, 0.05) is 12.2 Å². The number of amides is 2. The largest absolute Gasteiger partial charge is 0.336 e. The highest BCUT2D eigenvalue weighted by molar-refractivity contribution is 7.89. The zero-order valence-electron chi connectivity index (χ0n) is 15.8. The van der Waals surface area contributed by atoms with Crippen LogP contribution in [0.3, 0.4) is 0 Å². The van der Waals surface area contributed by atoms with E-state index < -0.39 is 10.0 Å². The van der Waals surface area contributed by atoms with Crippen molar-refractivity contribution in [1.29, 1.82) is 0 Å². The average molecular weight is 391 g/mol. The molecule has 2 rings (SSSR count). The van der Waals surface area contributed by atoms with E-state index >= 15 is 0 Å². The number of nitrogens with one attached hydrogen (secondary N) is 2. The summed E-state index contributed by atoms with van der Waals surface area (Å²) in [5.74, 6) is 0. The molecule has 27 heavy (non-hydrogen) atoms. The Hall–Kier alpha value is -2.42. The summed E-state index contributed by atoms with van der Waals surface area (Å²) in [6, 6.07) is 13.7. The summed E-state index contributed by atoms with van der Waals surface area (Å²) >= 11 is 0. The minimum Gasteiger partial charge on any atom is -0.336 e. The van der Waals surface area contributed by atoms with Crippen LogP contribution in [0.25, 0.3) is 0 Å². The number of likely N-dealkylation sites (N-methyl/N-ethyl adjacent to an activating group) is 1. The van der Waals surface area contributed by atoms with Crippen LogP contribution in [0.5, 0.6) is 0 Å². The molecule has 0 radical (unpaired) electrons. The number of urea groups is 1. The molecule has 0 saturated carbocycles. The molecule has 1 atom stereocenters. The summed E-state index contributed by atoms with van der Waals surface area (Å²) in [6.07, 6.45) is 0.984. The number of carbonyl (C=O) groups is 1. The third-order valence-electron chi connectivity index (χ3n) is 4.29. The quantitative estimate of drug-likeness (QED) is 0.675. The Balaban J connectivity index is 1.97. The number of benzene rings is 2. The molecule has 7 nitrogen and oxygen atoms in total. The third-order valence-corrected chi connectivity index (χ3v) is 5.22. The first-order chi connectivity index (χ1) is 12.7. The van der Waals surface area contributed by atoms with E-state index in [1.807, 2.05) is 19.0 Å². The molecule has 1 unspecified atom stereocenters. The highest BCUT2D eigenvalue weighted by Crippen LogP contribution is 2.18. The predicted octanol–water partition coefficient (Wildman–Crippen LogP) is 2.32. The van der Waals surface area contributed by atoms with Crippen molar-refractivity contribution in [3.63, 3.8) is 0 Å². The van der Waals surface area contributed by atoms with Gasteiger partial charge in [0.25, 0.3) is 0 Å². The van der Waals surface area contributed by atoms with Gasteiger partial charge in [0.15, 0.2) is 0 Å². The standard InChI is InChI=1S/C19H26N4O3S/c1-4-14-5-7-15(8-6-14)18(23(2)3)13-21-19(24)22-16-9-11-17(12-10-16)27(20,25)26/h5-12,18H,4,13H2,1-3H3,(H2,20,25,26)(H2,21,22,24). The van der Waals surface area contributed by atoms with E-state index in [0.29, 0.717) is 12.2 Å². The molecule has 4 N–H and O–H groups in total. The van der Waals surface area contributed by atoms with E-state index in [4.69, 9.17) is 5.14 Å². The summed E-state index contributed by atoms with van der Waals surface area (Å²) in [6.45, 7) is 2.54. The SMILES string of the molecule is CCc1ccc(C(CNC(=O)Nc2ccc(S(N)(=O)=O)cc2)N(C)C)cc1. The van der Waals surface area contributed by atoms with E-state index in [-0.39, 0.29) is 17.0 Å². The maximum absolute atomic E-state index is 12.2. The van der Waals surface area contributed by atoms with Crippen molar-refractivity contribution in [3.8, 4) is 0 Å². The molecule has 2 aromatic rings.